The van der Waals surface area contributed by atoms with Crippen LogP contribution in [0, 0.1) is 6.92 Å². The van der Waals surface area contributed by atoms with Crippen LogP contribution in [-0.2, 0) is 14.8 Å². The van der Waals surface area contributed by atoms with Gasteiger partial charge in [0.05, 0.1) is 10.8 Å². The number of benzene rings is 2. The second-order valence-corrected chi connectivity index (χ2v) is 10.6. The van der Waals surface area contributed by atoms with Crippen molar-refractivity contribution in [3.05, 3.63) is 60.0 Å². The van der Waals surface area contributed by atoms with E-state index in [0.29, 0.717) is 43.3 Å². The SMILES string of the molecule is Cc1ccc(N2C[C@@H](c3nc(-c4ccc(S(=O)(=O)N5CCCCC5)cc4)no3)CC2=O)cc1. The van der Waals surface area contributed by atoms with E-state index in [4.69, 9.17) is 4.52 Å². The summed E-state index contributed by atoms with van der Waals surface area (Å²) in [5.41, 5.74) is 2.67. The average molecular weight is 467 g/mol. The molecule has 1 aromatic heterocycles. The van der Waals surface area contributed by atoms with Crippen LogP contribution in [0.3, 0.4) is 0 Å². The number of aromatic nitrogens is 2. The molecule has 2 aromatic carbocycles. The first-order valence-electron chi connectivity index (χ1n) is 11.2. The van der Waals surface area contributed by atoms with Crippen molar-refractivity contribution >= 4 is 21.6 Å². The molecule has 3 aromatic rings. The minimum Gasteiger partial charge on any atom is -0.339 e. The molecule has 0 saturated carbocycles. The quantitative estimate of drug-likeness (QED) is 0.568. The molecule has 8 nitrogen and oxygen atoms in total. The Bertz CT molecular complexity index is 1250. The van der Waals surface area contributed by atoms with E-state index in [2.05, 4.69) is 10.1 Å². The molecule has 0 unspecified atom stereocenters. The van der Waals surface area contributed by atoms with Crippen molar-refractivity contribution in [2.45, 2.75) is 43.4 Å². The molecule has 2 saturated heterocycles. The molecule has 172 valence electrons. The number of rotatable bonds is 5. The van der Waals surface area contributed by atoms with Gasteiger partial charge in [-0.2, -0.15) is 9.29 Å². The predicted molar refractivity (Wildman–Crippen MR) is 123 cm³/mol. The first-order valence-corrected chi connectivity index (χ1v) is 12.7. The van der Waals surface area contributed by atoms with Crippen molar-refractivity contribution < 1.29 is 17.7 Å². The van der Waals surface area contributed by atoms with E-state index in [9.17, 15) is 13.2 Å². The number of nitrogens with zero attached hydrogens (tertiary/aromatic N) is 4. The number of piperidine rings is 1. The summed E-state index contributed by atoms with van der Waals surface area (Å²) in [7, 11) is -3.48. The van der Waals surface area contributed by atoms with E-state index in [1.165, 1.54) is 0 Å². The summed E-state index contributed by atoms with van der Waals surface area (Å²) in [6.45, 7) is 3.63. The third kappa shape index (κ3) is 4.30. The predicted octanol–water partition coefficient (Wildman–Crippen LogP) is 3.74. The van der Waals surface area contributed by atoms with Gasteiger partial charge in [0.2, 0.25) is 27.6 Å². The fraction of sp³-hybridized carbons (Fsp3) is 0.375. The first-order chi connectivity index (χ1) is 15.9. The van der Waals surface area contributed by atoms with Gasteiger partial charge in [-0.25, -0.2) is 8.42 Å². The Labute approximate surface area is 193 Å². The molecular weight excluding hydrogens is 440 g/mol. The van der Waals surface area contributed by atoms with E-state index >= 15 is 0 Å². The number of amides is 1. The first kappa shape index (κ1) is 21.8. The summed E-state index contributed by atoms with van der Waals surface area (Å²) < 4.78 is 32.7. The molecule has 5 rings (SSSR count). The number of aryl methyl sites for hydroxylation is 1. The molecule has 2 aliphatic heterocycles. The van der Waals surface area contributed by atoms with Crippen LogP contribution in [0.25, 0.3) is 11.4 Å². The molecule has 0 N–H and O–H groups in total. The van der Waals surface area contributed by atoms with Gasteiger partial charge >= 0.3 is 0 Å². The van der Waals surface area contributed by atoms with Crippen molar-refractivity contribution in [1.82, 2.24) is 14.4 Å². The van der Waals surface area contributed by atoms with Gasteiger partial charge in [0.1, 0.15) is 0 Å². The number of sulfonamides is 1. The molecule has 9 heteroatoms. The van der Waals surface area contributed by atoms with Crippen LogP contribution < -0.4 is 4.90 Å². The molecular formula is C24H26N4O4S. The highest BCUT2D eigenvalue weighted by molar-refractivity contribution is 7.89. The van der Waals surface area contributed by atoms with Crippen LogP contribution in [-0.4, -0.2) is 48.4 Å². The van der Waals surface area contributed by atoms with Crippen LogP contribution in [0.1, 0.15) is 43.1 Å². The zero-order chi connectivity index (χ0) is 23.0. The highest BCUT2D eigenvalue weighted by Gasteiger charge is 2.35. The number of hydrogen-bond donors (Lipinski definition) is 0. The fourth-order valence-electron chi connectivity index (χ4n) is 4.40. The second-order valence-electron chi connectivity index (χ2n) is 8.69. The number of carbonyl (C=O) groups is 1. The molecule has 1 amide bonds. The standard InChI is InChI=1S/C24H26N4O4S/c1-17-5-9-20(10-6-17)28-16-19(15-22(28)29)24-25-23(26-32-24)18-7-11-21(12-8-18)33(30,31)27-13-3-2-4-14-27/h5-12,19H,2-4,13-16H2,1H3/t19-/m0/s1. The summed E-state index contributed by atoms with van der Waals surface area (Å²) in [5, 5.41) is 4.07. The summed E-state index contributed by atoms with van der Waals surface area (Å²) in [6, 6.07) is 14.4. The van der Waals surface area contributed by atoms with Crippen LogP contribution in [0.4, 0.5) is 5.69 Å². The average Bonchev–Trinajstić information content (AvgIpc) is 3.47. The molecule has 33 heavy (non-hydrogen) atoms. The number of anilines is 1. The third-order valence-electron chi connectivity index (χ3n) is 6.33. The van der Waals surface area contributed by atoms with Crippen molar-refractivity contribution in [2.75, 3.05) is 24.5 Å². The van der Waals surface area contributed by atoms with Gasteiger partial charge in [0, 0.05) is 37.3 Å². The van der Waals surface area contributed by atoms with Gasteiger partial charge < -0.3 is 9.42 Å². The smallest absolute Gasteiger partial charge is 0.243 e. The second kappa shape index (κ2) is 8.72. The molecule has 2 aliphatic rings. The Morgan fingerprint density at radius 2 is 1.67 bits per heavy atom. The topological polar surface area (TPSA) is 96.6 Å². The summed E-state index contributed by atoms with van der Waals surface area (Å²) >= 11 is 0. The number of hydrogen-bond acceptors (Lipinski definition) is 6. The van der Waals surface area contributed by atoms with Crippen molar-refractivity contribution in [2.24, 2.45) is 0 Å². The van der Waals surface area contributed by atoms with Crippen LogP contribution >= 0.6 is 0 Å². The number of carbonyl (C=O) groups excluding carboxylic acids is 1. The maximum absolute atomic E-state index is 12.8. The van der Waals surface area contributed by atoms with Gasteiger partial charge in [-0.15, -0.1) is 0 Å². The van der Waals surface area contributed by atoms with Gasteiger partial charge in [-0.05, 0) is 56.2 Å². The Balaban J connectivity index is 1.31. The Morgan fingerprint density at radius 1 is 0.970 bits per heavy atom. The van der Waals surface area contributed by atoms with Crippen LogP contribution in [0.5, 0.6) is 0 Å². The largest absolute Gasteiger partial charge is 0.339 e. The molecule has 2 fully saturated rings. The minimum absolute atomic E-state index is 0.0240. The zero-order valence-corrected chi connectivity index (χ0v) is 19.3. The lowest BCUT2D eigenvalue weighted by atomic mass is 10.1. The zero-order valence-electron chi connectivity index (χ0n) is 18.5. The Morgan fingerprint density at radius 3 is 2.36 bits per heavy atom. The molecule has 3 heterocycles. The summed E-state index contributed by atoms with van der Waals surface area (Å²) in [4.78, 5) is 19.1. The Hall–Kier alpha value is -3.04. The lowest BCUT2D eigenvalue weighted by molar-refractivity contribution is -0.117. The highest BCUT2D eigenvalue weighted by atomic mass is 32.2. The van der Waals surface area contributed by atoms with Crippen LogP contribution in [0.2, 0.25) is 0 Å². The lowest BCUT2D eigenvalue weighted by Crippen LogP contribution is -2.35. The van der Waals surface area contributed by atoms with Gasteiger partial charge in [-0.1, -0.05) is 29.3 Å². The maximum atomic E-state index is 12.8. The summed E-state index contributed by atoms with van der Waals surface area (Å²) in [5.74, 6) is 0.640. The third-order valence-corrected chi connectivity index (χ3v) is 8.24. The van der Waals surface area contributed by atoms with Crippen molar-refractivity contribution in [3.63, 3.8) is 0 Å². The lowest BCUT2D eigenvalue weighted by Gasteiger charge is -2.25. The van der Waals surface area contributed by atoms with Crippen molar-refractivity contribution in [1.29, 1.82) is 0 Å². The van der Waals surface area contributed by atoms with E-state index in [0.717, 1.165) is 30.5 Å². The molecule has 0 spiro atoms. The molecule has 0 bridgehead atoms. The van der Waals surface area contributed by atoms with Crippen molar-refractivity contribution in [3.8, 4) is 11.4 Å². The van der Waals surface area contributed by atoms with E-state index in [-0.39, 0.29) is 16.7 Å². The van der Waals surface area contributed by atoms with Gasteiger partial charge in [0.25, 0.3) is 0 Å². The van der Waals surface area contributed by atoms with E-state index < -0.39 is 10.0 Å². The fourth-order valence-corrected chi connectivity index (χ4v) is 5.91. The highest BCUT2D eigenvalue weighted by Crippen LogP contribution is 2.32. The molecule has 0 radical (unpaired) electrons. The van der Waals surface area contributed by atoms with Gasteiger partial charge in [0.15, 0.2) is 0 Å². The summed E-state index contributed by atoms with van der Waals surface area (Å²) in [6.07, 6.45) is 3.17. The Kier molecular flexibility index (Phi) is 5.76. The van der Waals surface area contributed by atoms with Gasteiger partial charge in [-0.3, -0.25) is 4.79 Å². The maximum Gasteiger partial charge on any atom is 0.243 e. The monoisotopic (exact) mass is 466 g/mol. The van der Waals surface area contributed by atoms with Crippen LogP contribution in [0.15, 0.2) is 57.9 Å². The van der Waals surface area contributed by atoms with E-state index in [1.54, 1.807) is 33.5 Å². The van der Waals surface area contributed by atoms with E-state index in [1.807, 2.05) is 31.2 Å². The molecule has 0 aliphatic carbocycles. The minimum atomic E-state index is -3.48. The molecule has 1 atom stereocenters. The normalized spacial score (nSPS) is 19.8.